The Kier molecular flexibility index (Phi) is 8.15. The SMILES string of the molecule is CC(C)(Cc1ccccn1)PCc1ccccc1CPC(C)(C)Cc1ccccn1. The van der Waals surface area contributed by atoms with Crippen molar-refractivity contribution in [1.29, 1.82) is 0 Å². The Balaban J connectivity index is 1.58. The lowest BCUT2D eigenvalue weighted by Gasteiger charge is -2.26. The Morgan fingerprint density at radius 3 is 1.37 bits per heavy atom. The molecule has 3 aromatic rings. The Morgan fingerprint density at radius 1 is 0.600 bits per heavy atom. The number of rotatable bonds is 10. The third-order valence-electron chi connectivity index (χ3n) is 5.33. The van der Waals surface area contributed by atoms with Crippen LogP contribution in [0.25, 0.3) is 0 Å². The van der Waals surface area contributed by atoms with Crippen molar-refractivity contribution in [2.45, 2.75) is 63.2 Å². The van der Waals surface area contributed by atoms with E-state index in [0.717, 1.165) is 42.3 Å². The number of pyridine rings is 2. The second-order valence-electron chi connectivity index (χ2n) is 9.24. The number of hydrogen-bond donors (Lipinski definition) is 0. The number of hydrogen-bond acceptors (Lipinski definition) is 2. The Labute approximate surface area is 185 Å². The molecule has 0 aliphatic rings. The summed E-state index contributed by atoms with van der Waals surface area (Å²) in [5.41, 5.74) is 5.43. The topological polar surface area (TPSA) is 25.8 Å². The standard InChI is InChI=1S/C26H34N2P2/c1-25(2,17-23-13-7-9-15-27-23)29-19-21-11-5-6-12-22(21)20-30-26(3,4)18-24-14-8-10-16-28-24/h5-16,29-30H,17-20H2,1-4H3. The molecule has 1 aromatic carbocycles. The minimum atomic E-state index is 0.266. The van der Waals surface area contributed by atoms with E-state index in [9.17, 15) is 0 Å². The average Bonchev–Trinajstić information content (AvgIpc) is 2.72. The monoisotopic (exact) mass is 436 g/mol. The van der Waals surface area contributed by atoms with Gasteiger partial charge in [-0.2, -0.15) is 0 Å². The Hall–Kier alpha value is -1.62. The molecule has 0 radical (unpaired) electrons. The fourth-order valence-corrected chi connectivity index (χ4v) is 6.25. The average molecular weight is 437 g/mol. The quantitative estimate of drug-likeness (QED) is 0.324. The van der Waals surface area contributed by atoms with Crippen molar-refractivity contribution in [1.82, 2.24) is 9.97 Å². The Bertz CT molecular complexity index is 832. The van der Waals surface area contributed by atoms with Crippen LogP contribution in [0.2, 0.25) is 0 Å². The van der Waals surface area contributed by atoms with Crippen LogP contribution >= 0.6 is 17.2 Å². The summed E-state index contributed by atoms with van der Waals surface area (Å²) in [5, 5.41) is 0.532. The van der Waals surface area contributed by atoms with Gasteiger partial charge in [0.1, 0.15) is 0 Å². The van der Waals surface area contributed by atoms with Gasteiger partial charge in [0.25, 0.3) is 0 Å². The van der Waals surface area contributed by atoms with Crippen LogP contribution in [0.1, 0.15) is 50.2 Å². The molecule has 0 spiro atoms. The predicted molar refractivity (Wildman–Crippen MR) is 135 cm³/mol. The van der Waals surface area contributed by atoms with Gasteiger partial charge in [-0.25, -0.2) is 0 Å². The highest BCUT2D eigenvalue weighted by molar-refractivity contribution is 7.39. The van der Waals surface area contributed by atoms with Gasteiger partial charge in [-0.1, -0.05) is 64.1 Å². The maximum absolute atomic E-state index is 4.53. The zero-order valence-electron chi connectivity index (χ0n) is 18.7. The summed E-state index contributed by atoms with van der Waals surface area (Å²) >= 11 is 0. The molecule has 3 rings (SSSR count). The zero-order valence-corrected chi connectivity index (χ0v) is 20.7. The van der Waals surface area contributed by atoms with E-state index in [-0.39, 0.29) is 10.3 Å². The van der Waals surface area contributed by atoms with Gasteiger partial charge in [0.05, 0.1) is 0 Å². The van der Waals surface area contributed by atoms with Crippen LogP contribution in [-0.4, -0.2) is 20.3 Å². The van der Waals surface area contributed by atoms with Crippen LogP contribution in [-0.2, 0) is 25.2 Å². The molecule has 0 aliphatic heterocycles. The fourth-order valence-electron chi connectivity index (χ4n) is 3.61. The first-order chi connectivity index (χ1) is 14.3. The molecule has 2 atom stereocenters. The van der Waals surface area contributed by atoms with Crippen LogP contribution in [0.5, 0.6) is 0 Å². The first-order valence-corrected chi connectivity index (χ1v) is 13.1. The molecule has 0 bridgehead atoms. The normalized spacial score (nSPS) is 12.9. The van der Waals surface area contributed by atoms with Crippen molar-refractivity contribution >= 4 is 17.2 Å². The zero-order chi connectivity index (χ0) is 21.5. The van der Waals surface area contributed by atoms with Gasteiger partial charge in [0.15, 0.2) is 0 Å². The van der Waals surface area contributed by atoms with Gasteiger partial charge in [0.2, 0.25) is 0 Å². The van der Waals surface area contributed by atoms with E-state index in [4.69, 9.17) is 0 Å². The summed E-state index contributed by atoms with van der Waals surface area (Å²) in [6, 6.07) is 21.5. The second-order valence-corrected chi connectivity index (χ2v) is 13.4. The smallest absolute Gasteiger partial charge is 0.0412 e. The van der Waals surface area contributed by atoms with E-state index >= 15 is 0 Å². The molecular formula is C26H34N2P2. The fraction of sp³-hybridized carbons (Fsp3) is 0.385. The van der Waals surface area contributed by atoms with Gasteiger partial charge in [-0.15, -0.1) is 17.2 Å². The molecule has 0 N–H and O–H groups in total. The van der Waals surface area contributed by atoms with Crippen LogP contribution in [0.3, 0.4) is 0 Å². The number of nitrogens with zero attached hydrogens (tertiary/aromatic N) is 2. The summed E-state index contributed by atoms with van der Waals surface area (Å²) in [6.45, 7) is 9.50. The summed E-state index contributed by atoms with van der Waals surface area (Å²) in [6.07, 6.45) is 8.18. The first-order valence-electron chi connectivity index (χ1n) is 10.7. The molecule has 2 unspecified atom stereocenters. The number of benzene rings is 1. The van der Waals surface area contributed by atoms with E-state index in [1.165, 1.54) is 22.5 Å². The van der Waals surface area contributed by atoms with E-state index in [1.54, 1.807) is 0 Å². The summed E-state index contributed by atoms with van der Waals surface area (Å²) in [5.74, 6) is 0. The number of aromatic nitrogens is 2. The van der Waals surface area contributed by atoms with Crippen molar-refractivity contribution in [3.05, 3.63) is 95.6 Å². The summed E-state index contributed by atoms with van der Waals surface area (Å²) < 4.78 is 0. The van der Waals surface area contributed by atoms with Gasteiger partial charge in [-0.05, 0) is 70.9 Å². The third kappa shape index (κ3) is 7.57. The molecule has 0 fully saturated rings. The molecule has 158 valence electrons. The highest BCUT2D eigenvalue weighted by Gasteiger charge is 2.21. The third-order valence-corrected chi connectivity index (χ3v) is 8.71. The molecule has 2 aromatic heterocycles. The molecule has 4 heteroatoms. The lowest BCUT2D eigenvalue weighted by molar-refractivity contribution is 0.683. The molecule has 2 nitrogen and oxygen atoms in total. The molecule has 0 aliphatic carbocycles. The van der Waals surface area contributed by atoms with Crippen molar-refractivity contribution in [3.8, 4) is 0 Å². The van der Waals surface area contributed by atoms with E-state index < -0.39 is 0 Å². The minimum absolute atomic E-state index is 0.266. The van der Waals surface area contributed by atoms with Crippen molar-refractivity contribution < 1.29 is 0 Å². The molecule has 0 saturated heterocycles. The Morgan fingerprint density at radius 2 is 1.00 bits per heavy atom. The van der Waals surface area contributed by atoms with Crippen molar-refractivity contribution in [2.75, 3.05) is 0 Å². The van der Waals surface area contributed by atoms with Gasteiger partial charge >= 0.3 is 0 Å². The van der Waals surface area contributed by atoms with Crippen LogP contribution in [0, 0.1) is 0 Å². The highest BCUT2D eigenvalue weighted by atomic mass is 31.1. The van der Waals surface area contributed by atoms with E-state index in [1.807, 2.05) is 24.5 Å². The first kappa shape index (κ1) is 23.1. The summed E-state index contributed by atoms with van der Waals surface area (Å²) in [7, 11) is 1.76. The van der Waals surface area contributed by atoms with Gasteiger partial charge in [-0.3, -0.25) is 9.97 Å². The van der Waals surface area contributed by atoms with Crippen LogP contribution in [0.15, 0.2) is 73.1 Å². The van der Waals surface area contributed by atoms with Crippen LogP contribution < -0.4 is 0 Å². The maximum Gasteiger partial charge on any atom is 0.0412 e. The largest absolute Gasteiger partial charge is 0.261 e. The molecule has 0 saturated carbocycles. The van der Waals surface area contributed by atoms with Gasteiger partial charge < -0.3 is 0 Å². The van der Waals surface area contributed by atoms with Crippen LogP contribution in [0.4, 0.5) is 0 Å². The molecular weight excluding hydrogens is 402 g/mol. The van der Waals surface area contributed by atoms with E-state index in [2.05, 4.69) is 86.2 Å². The highest BCUT2D eigenvalue weighted by Crippen LogP contribution is 2.41. The van der Waals surface area contributed by atoms with Crippen molar-refractivity contribution in [2.24, 2.45) is 0 Å². The minimum Gasteiger partial charge on any atom is -0.261 e. The second kappa shape index (κ2) is 10.6. The molecule has 30 heavy (non-hydrogen) atoms. The van der Waals surface area contributed by atoms with Crippen molar-refractivity contribution in [3.63, 3.8) is 0 Å². The lowest BCUT2D eigenvalue weighted by Crippen LogP contribution is -2.18. The van der Waals surface area contributed by atoms with E-state index in [0.29, 0.717) is 0 Å². The molecule has 2 heterocycles. The molecule has 0 amide bonds. The summed E-state index contributed by atoms with van der Waals surface area (Å²) in [4.78, 5) is 9.06. The maximum atomic E-state index is 4.53. The van der Waals surface area contributed by atoms with Gasteiger partial charge in [0, 0.05) is 23.8 Å². The predicted octanol–water partition coefficient (Wildman–Crippen LogP) is 6.88. The lowest BCUT2D eigenvalue weighted by atomic mass is 10.1.